The molecule has 4 rings (SSSR count). The third kappa shape index (κ3) is 3.58. The first-order valence-electron chi connectivity index (χ1n) is 8.48. The lowest BCUT2D eigenvalue weighted by Gasteiger charge is -2.14. The number of rotatable bonds is 5. The molecule has 0 spiro atoms. The van der Waals surface area contributed by atoms with Crippen molar-refractivity contribution in [2.24, 2.45) is 0 Å². The highest BCUT2D eigenvalue weighted by Crippen LogP contribution is 2.26. The van der Waals surface area contributed by atoms with Gasteiger partial charge in [0.25, 0.3) is 0 Å². The Bertz CT molecular complexity index is 800. The third-order valence-electron chi connectivity index (χ3n) is 4.51. The topological polar surface area (TPSA) is 13.7 Å². The van der Waals surface area contributed by atoms with Crippen LogP contribution in [-0.4, -0.2) is 24.3 Å². The van der Waals surface area contributed by atoms with E-state index >= 15 is 0 Å². The maximum atomic E-state index is 6.17. The SMILES string of the molecule is c1ccc(C[NH+]2CS[C@@H](COc3cccc4ccccc34)C2)cc1. The van der Waals surface area contributed by atoms with Crippen molar-refractivity contribution < 1.29 is 9.64 Å². The maximum absolute atomic E-state index is 6.17. The molecule has 1 heterocycles. The molecule has 0 radical (unpaired) electrons. The van der Waals surface area contributed by atoms with Crippen LogP contribution >= 0.6 is 11.8 Å². The Kier molecular flexibility index (Phi) is 4.72. The van der Waals surface area contributed by atoms with Crippen LogP contribution < -0.4 is 9.64 Å². The van der Waals surface area contributed by atoms with E-state index in [4.69, 9.17) is 4.74 Å². The zero-order valence-corrected chi connectivity index (χ0v) is 14.5. The lowest BCUT2D eigenvalue weighted by Crippen LogP contribution is -3.09. The summed E-state index contributed by atoms with van der Waals surface area (Å²) in [6.45, 7) is 3.07. The predicted octanol–water partition coefficient (Wildman–Crippen LogP) is 3.38. The summed E-state index contributed by atoms with van der Waals surface area (Å²) in [7, 11) is 0. The predicted molar refractivity (Wildman–Crippen MR) is 102 cm³/mol. The van der Waals surface area contributed by atoms with Gasteiger partial charge in [0.15, 0.2) is 0 Å². The van der Waals surface area contributed by atoms with Gasteiger partial charge in [-0.15, -0.1) is 0 Å². The Balaban J connectivity index is 1.35. The van der Waals surface area contributed by atoms with Crippen molar-refractivity contribution in [1.29, 1.82) is 0 Å². The molecule has 1 fully saturated rings. The van der Waals surface area contributed by atoms with Crippen LogP contribution in [0.15, 0.2) is 72.8 Å². The van der Waals surface area contributed by atoms with Gasteiger partial charge in [0.2, 0.25) is 0 Å². The van der Waals surface area contributed by atoms with Crippen molar-refractivity contribution in [3.8, 4) is 5.75 Å². The van der Waals surface area contributed by atoms with Gasteiger partial charge < -0.3 is 9.64 Å². The standard InChI is InChI=1S/C21H21NOS/c1-2-7-17(8-3-1)13-22-14-19(24-16-22)15-23-21-12-6-10-18-9-4-5-11-20(18)21/h1-12,19H,13-16H2/p+1/t19-/m1/s1. The summed E-state index contributed by atoms with van der Waals surface area (Å²) in [4.78, 5) is 1.64. The second-order valence-corrected chi connectivity index (χ2v) is 7.63. The van der Waals surface area contributed by atoms with E-state index in [0.717, 1.165) is 18.9 Å². The van der Waals surface area contributed by atoms with Gasteiger partial charge in [-0.2, -0.15) is 0 Å². The van der Waals surface area contributed by atoms with Gasteiger partial charge in [0, 0.05) is 10.9 Å². The molecule has 122 valence electrons. The normalized spacial score (nSPS) is 20.3. The van der Waals surface area contributed by atoms with Crippen LogP contribution in [0.1, 0.15) is 5.56 Å². The first-order chi connectivity index (χ1) is 11.9. The highest BCUT2D eigenvalue weighted by Gasteiger charge is 2.27. The minimum atomic E-state index is 0.572. The summed E-state index contributed by atoms with van der Waals surface area (Å²) >= 11 is 2.03. The van der Waals surface area contributed by atoms with Crippen LogP contribution in [0.4, 0.5) is 0 Å². The Morgan fingerprint density at radius 1 is 0.917 bits per heavy atom. The molecule has 24 heavy (non-hydrogen) atoms. The van der Waals surface area contributed by atoms with Crippen molar-refractivity contribution >= 4 is 22.5 Å². The Labute approximate surface area is 147 Å². The summed E-state index contributed by atoms with van der Waals surface area (Å²) in [6, 6.07) is 25.5. The van der Waals surface area contributed by atoms with E-state index < -0.39 is 0 Å². The number of quaternary nitrogens is 1. The smallest absolute Gasteiger partial charge is 0.127 e. The van der Waals surface area contributed by atoms with E-state index in [1.165, 1.54) is 28.8 Å². The lowest BCUT2D eigenvalue weighted by molar-refractivity contribution is -0.895. The number of hydrogen-bond donors (Lipinski definition) is 1. The zero-order chi connectivity index (χ0) is 16.2. The van der Waals surface area contributed by atoms with Crippen LogP contribution in [0.5, 0.6) is 5.75 Å². The van der Waals surface area contributed by atoms with Gasteiger partial charge in [0.1, 0.15) is 24.8 Å². The quantitative estimate of drug-likeness (QED) is 0.767. The minimum absolute atomic E-state index is 0.572. The molecule has 3 aromatic carbocycles. The average Bonchev–Trinajstić information content (AvgIpc) is 3.08. The summed E-state index contributed by atoms with van der Waals surface area (Å²) < 4.78 is 6.17. The molecule has 1 saturated heterocycles. The van der Waals surface area contributed by atoms with E-state index in [9.17, 15) is 0 Å². The summed E-state index contributed by atoms with van der Waals surface area (Å²) in [5.41, 5.74) is 1.42. The molecule has 2 nitrogen and oxygen atoms in total. The second kappa shape index (κ2) is 7.29. The van der Waals surface area contributed by atoms with Crippen LogP contribution in [-0.2, 0) is 6.54 Å². The minimum Gasteiger partial charge on any atom is -0.492 e. The number of nitrogens with one attached hydrogen (secondary N) is 1. The fourth-order valence-electron chi connectivity index (χ4n) is 3.29. The van der Waals surface area contributed by atoms with E-state index in [-0.39, 0.29) is 0 Å². The molecule has 3 heteroatoms. The Hall–Kier alpha value is -1.97. The molecule has 0 bridgehead atoms. The molecule has 0 aromatic heterocycles. The van der Waals surface area contributed by atoms with Gasteiger partial charge in [-0.3, -0.25) is 0 Å². The van der Waals surface area contributed by atoms with E-state index in [0.29, 0.717) is 5.25 Å². The van der Waals surface area contributed by atoms with Crippen molar-refractivity contribution in [2.45, 2.75) is 11.8 Å². The van der Waals surface area contributed by atoms with Crippen molar-refractivity contribution in [2.75, 3.05) is 19.0 Å². The Morgan fingerprint density at radius 3 is 2.62 bits per heavy atom. The monoisotopic (exact) mass is 336 g/mol. The molecule has 1 unspecified atom stereocenters. The fourth-order valence-corrected chi connectivity index (χ4v) is 4.50. The number of ether oxygens (including phenoxy) is 1. The Morgan fingerprint density at radius 2 is 1.71 bits per heavy atom. The van der Waals surface area contributed by atoms with E-state index in [1.807, 2.05) is 11.8 Å². The molecular formula is C21H22NOS+. The average molecular weight is 336 g/mol. The van der Waals surface area contributed by atoms with Crippen LogP contribution in [0.2, 0.25) is 0 Å². The first kappa shape index (κ1) is 15.6. The van der Waals surface area contributed by atoms with Gasteiger partial charge in [-0.1, -0.05) is 78.5 Å². The second-order valence-electron chi connectivity index (χ2n) is 6.34. The van der Waals surface area contributed by atoms with Gasteiger partial charge in [0.05, 0.1) is 11.8 Å². The number of thioether (sulfide) groups is 1. The number of fused-ring (bicyclic) bond motifs is 1. The third-order valence-corrected chi connectivity index (χ3v) is 5.86. The summed E-state index contributed by atoms with van der Waals surface area (Å²) in [5.74, 6) is 2.17. The van der Waals surface area contributed by atoms with Crippen LogP contribution in [0.25, 0.3) is 10.8 Å². The molecule has 2 atom stereocenters. The first-order valence-corrected chi connectivity index (χ1v) is 9.53. The van der Waals surface area contributed by atoms with Crippen molar-refractivity contribution in [3.05, 3.63) is 78.4 Å². The number of hydrogen-bond acceptors (Lipinski definition) is 2. The summed E-state index contributed by atoms with van der Waals surface area (Å²) in [5, 5.41) is 3.02. The molecule has 0 amide bonds. The zero-order valence-electron chi connectivity index (χ0n) is 13.7. The van der Waals surface area contributed by atoms with Crippen molar-refractivity contribution in [1.82, 2.24) is 0 Å². The van der Waals surface area contributed by atoms with Crippen molar-refractivity contribution in [3.63, 3.8) is 0 Å². The highest BCUT2D eigenvalue weighted by atomic mass is 32.2. The van der Waals surface area contributed by atoms with Gasteiger partial charge >= 0.3 is 0 Å². The van der Waals surface area contributed by atoms with E-state index in [1.54, 1.807) is 4.90 Å². The molecule has 0 saturated carbocycles. The summed E-state index contributed by atoms with van der Waals surface area (Å²) in [6.07, 6.45) is 0. The largest absolute Gasteiger partial charge is 0.492 e. The maximum Gasteiger partial charge on any atom is 0.127 e. The molecule has 1 N–H and O–H groups in total. The van der Waals surface area contributed by atoms with Crippen LogP contribution in [0.3, 0.4) is 0 Å². The molecular weight excluding hydrogens is 314 g/mol. The van der Waals surface area contributed by atoms with Crippen LogP contribution in [0, 0.1) is 0 Å². The lowest BCUT2D eigenvalue weighted by atomic mass is 10.1. The van der Waals surface area contributed by atoms with E-state index in [2.05, 4.69) is 72.8 Å². The van der Waals surface area contributed by atoms with Gasteiger partial charge in [-0.25, -0.2) is 0 Å². The molecule has 1 aliphatic heterocycles. The molecule has 3 aromatic rings. The molecule has 0 aliphatic carbocycles. The fraction of sp³-hybridized carbons (Fsp3) is 0.238. The molecule has 1 aliphatic rings. The number of benzene rings is 3. The highest BCUT2D eigenvalue weighted by molar-refractivity contribution is 7.99. The van der Waals surface area contributed by atoms with Gasteiger partial charge in [-0.05, 0) is 11.5 Å².